The van der Waals surface area contributed by atoms with Crippen molar-refractivity contribution in [3.8, 4) is 11.1 Å². The average molecular weight is 632 g/mol. The van der Waals surface area contributed by atoms with Crippen molar-refractivity contribution < 1.29 is 0 Å². The van der Waals surface area contributed by atoms with Crippen LogP contribution in [0.1, 0.15) is 96.4 Å². The third kappa shape index (κ3) is 5.72. The fraction of sp³-hybridized carbons (Fsp3) is 0.319. The molecule has 0 aliphatic heterocycles. The molecule has 2 aliphatic carbocycles. The van der Waals surface area contributed by atoms with Crippen LogP contribution in [0.15, 0.2) is 145 Å². The Labute approximate surface area is 290 Å². The van der Waals surface area contributed by atoms with Crippen molar-refractivity contribution in [3.05, 3.63) is 167 Å². The lowest BCUT2D eigenvalue weighted by Gasteiger charge is -2.37. The normalized spacial score (nSPS) is 18.8. The quantitative estimate of drug-likeness (QED) is 0.149. The monoisotopic (exact) mass is 631 g/mol. The molecule has 6 rings (SSSR count). The van der Waals surface area contributed by atoms with Gasteiger partial charge in [0.2, 0.25) is 0 Å². The molecule has 0 heterocycles. The summed E-state index contributed by atoms with van der Waals surface area (Å²) in [4.78, 5) is 2.47. The highest BCUT2D eigenvalue weighted by molar-refractivity contribution is 5.82. The molecule has 0 fully saturated rings. The number of hydrogen-bond donors (Lipinski definition) is 0. The Bertz CT molecular complexity index is 1830. The van der Waals surface area contributed by atoms with Gasteiger partial charge in [-0.05, 0) is 94.5 Å². The molecule has 48 heavy (non-hydrogen) atoms. The van der Waals surface area contributed by atoms with Gasteiger partial charge in [0.1, 0.15) is 0 Å². The van der Waals surface area contributed by atoms with Crippen molar-refractivity contribution >= 4 is 11.4 Å². The van der Waals surface area contributed by atoms with Gasteiger partial charge in [-0.2, -0.15) is 0 Å². The first-order valence-corrected chi connectivity index (χ1v) is 18.0. The summed E-state index contributed by atoms with van der Waals surface area (Å²) in [6.07, 6.45) is 15.8. The summed E-state index contributed by atoms with van der Waals surface area (Å²) < 4.78 is 0. The maximum absolute atomic E-state index is 4.52. The maximum atomic E-state index is 4.52. The molecule has 2 aliphatic rings. The number of fused-ring (bicyclic) bond motifs is 3. The standard InChI is InChI=1S/C47H53N/c1-9-12-19-34(4)46(7,10-2)36-26-30-41-42-31-27-37(33-44(42)45(5,6)43(41)32-36)47(8,11-3)35-24-28-40(29-25-35)48(38-20-15-13-16-21-38)39-22-17-14-18-23-39/h12-28,30-33,40H,4,9-11,29H2,1-3,5-8H3/b19-12-. The summed E-state index contributed by atoms with van der Waals surface area (Å²) in [6, 6.07) is 36.4. The van der Waals surface area contributed by atoms with E-state index in [1.807, 2.05) is 0 Å². The zero-order valence-electron chi connectivity index (χ0n) is 30.2. The number of allylic oxidation sites excluding steroid dienone is 5. The van der Waals surface area contributed by atoms with Crippen LogP contribution >= 0.6 is 0 Å². The molecule has 3 atom stereocenters. The number of benzene rings is 4. The third-order valence-electron chi connectivity index (χ3n) is 11.7. The van der Waals surface area contributed by atoms with Crippen molar-refractivity contribution in [1.29, 1.82) is 0 Å². The van der Waals surface area contributed by atoms with Crippen molar-refractivity contribution in [2.75, 3.05) is 4.90 Å². The van der Waals surface area contributed by atoms with Gasteiger partial charge in [0.25, 0.3) is 0 Å². The summed E-state index contributed by atoms with van der Waals surface area (Å²) in [6.45, 7) is 20.9. The van der Waals surface area contributed by atoms with E-state index in [0.717, 1.165) is 25.7 Å². The number of nitrogens with zero attached hydrogens (tertiary/aromatic N) is 1. The third-order valence-corrected chi connectivity index (χ3v) is 11.7. The van der Waals surface area contributed by atoms with Gasteiger partial charge < -0.3 is 4.90 Å². The molecular weight excluding hydrogens is 579 g/mol. The number of hydrogen-bond acceptors (Lipinski definition) is 1. The first-order chi connectivity index (χ1) is 23.1. The molecule has 0 aromatic heterocycles. The van der Waals surface area contributed by atoms with Gasteiger partial charge >= 0.3 is 0 Å². The highest BCUT2D eigenvalue weighted by Crippen LogP contribution is 2.52. The summed E-state index contributed by atoms with van der Waals surface area (Å²) in [7, 11) is 0. The Balaban J connectivity index is 1.31. The smallest absolute Gasteiger partial charge is 0.0560 e. The van der Waals surface area contributed by atoms with E-state index in [-0.39, 0.29) is 22.3 Å². The van der Waals surface area contributed by atoms with Gasteiger partial charge in [-0.1, -0.05) is 158 Å². The second kappa shape index (κ2) is 13.3. The van der Waals surface area contributed by atoms with E-state index in [1.54, 1.807) is 0 Å². The highest BCUT2D eigenvalue weighted by Gasteiger charge is 2.39. The van der Waals surface area contributed by atoms with E-state index in [4.69, 9.17) is 0 Å². The first kappa shape index (κ1) is 33.5. The number of para-hydroxylation sites is 2. The molecule has 1 nitrogen and oxygen atoms in total. The lowest BCUT2D eigenvalue weighted by Crippen LogP contribution is -2.32. The zero-order chi connectivity index (χ0) is 34.1. The van der Waals surface area contributed by atoms with Gasteiger partial charge in [0, 0.05) is 27.6 Å². The van der Waals surface area contributed by atoms with Crippen LogP contribution in [0.5, 0.6) is 0 Å². The Morgan fingerprint density at radius 2 is 1.35 bits per heavy atom. The fourth-order valence-electron chi connectivity index (χ4n) is 7.98. The van der Waals surface area contributed by atoms with Crippen LogP contribution in [-0.2, 0) is 16.2 Å². The second-order valence-corrected chi connectivity index (χ2v) is 14.7. The summed E-state index contributed by atoms with van der Waals surface area (Å²) in [5.74, 6) is 0. The predicted molar refractivity (Wildman–Crippen MR) is 209 cm³/mol. The van der Waals surface area contributed by atoms with E-state index in [9.17, 15) is 0 Å². The Hall–Kier alpha value is -4.36. The van der Waals surface area contributed by atoms with Crippen LogP contribution in [-0.4, -0.2) is 6.04 Å². The van der Waals surface area contributed by atoms with Gasteiger partial charge in [0.05, 0.1) is 6.04 Å². The number of rotatable bonds is 11. The lowest BCUT2D eigenvalue weighted by molar-refractivity contribution is 0.537. The minimum absolute atomic E-state index is 0.0824. The highest BCUT2D eigenvalue weighted by atomic mass is 15.2. The van der Waals surface area contributed by atoms with E-state index in [1.165, 1.54) is 55.9 Å². The SMILES string of the molecule is C=C(/C=C\CC)C(C)(CC)c1ccc2c(c1)C(C)(C)c1cc(C(C)(CC)C3=CCC(N(c4ccccc4)c4ccccc4)C=C3)ccc1-2. The van der Waals surface area contributed by atoms with E-state index in [2.05, 4.69) is 187 Å². The molecule has 0 saturated carbocycles. The molecule has 3 unspecified atom stereocenters. The van der Waals surface area contributed by atoms with Gasteiger partial charge in [-0.15, -0.1) is 0 Å². The minimum atomic E-state index is -0.0915. The van der Waals surface area contributed by atoms with Crippen LogP contribution in [0.2, 0.25) is 0 Å². The van der Waals surface area contributed by atoms with E-state index >= 15 is 0 Å². The molecule has 0 saturated heterocycles. The van der Waals surface area contributed by atoms with E-state index < -0.39 is 0 Å². The van der Waals surface area contributed by atoms with Crippen LogP contribution in [0, 0.1) is 0 Å². The van der Waals surface area contributed by atoms with Crippen molar-refractivity contribution in [2.24, 2.45) is 0 Å². The molecule has 0 spiro atoms. The summed E-state index contributed by atoms with van der Waals surface area (Å²) in [5, 5.41) is 0. The molecule has 0 N–H and O–H groups in total. The summed E-state index contributed by atoms with van der Waals surface area (Å²) >= 11 is 0. The molecule has 0 radical (unpaired) electrons. The molecule has 4 aromatic rings. The van der Waals surface area contributed by atoms with Gasteiger partial charge in [-0.3, -0.25) is 0 Å². The van der Waals surface area contributed by atoms with Gasteiger partial charge in [0.15, 0.2) is 0 Å². The lowest BCUT2D eigenvalue weighted by atomic mass is 9.70. The van der Waals surface area contributed by atoms with Crippen LogP contribution in [0.4, 0.5) is 11.4 Å². The van der Waals surface area contributed by atoms with Crippen molar-refractivity contribution in [3.63, 3.8) is 0 Å². The molecule has 4 aromatic carbocycles. The topological polar surface area (TPSA) is 3.24 Å². The molecular formula is C47H53N. The van der Waals surface area contributed by atoms with Crippen molar-refractivity contribution in [2.45, 2.75) is 96.4 Å². The fourth-order valence-corrected chi connectivity index (χ4v) is 7.98. The Kier molecular flexibility index (Phi) is 9.27. The van der Waals surface area contributed by atoms with Gasteiger partial charge in [-0.25, -0.2) is 0 Å². The second-order valence-electron chi connectivity index (χ2n) is 14.7. The summed E-state index contributed by atoms with van der Waals surface area (Å²) in [5.41, 5.74) is 13.2. The molecule has 246 valence electrons. The van der Waals surface area contributed by atoms with E-state index in [0.29, 0.717) is 0 Å². The number of anilines is 2. The average Bonchev–Trinajstić information content (AvgIpc) is 3.36. The van der Waals surface area contributed by atoms with Crippen LogP contribution in [0.3, 0.4) is 0 Å². The Morgan fingerprint density at radius 3 is 1.85 bits per heavy atom. The largest absolute Gasteiger partial charge is 0.334 e. The molecule has 0 amide bonds. The van der Waals surface area contributed by atoms with Crippen molar-refractivity contribution in [1.82, 2.24) is 0 Å². The van der Waals surface area contributed by atoms with Crippen LogP contribution < -0.4 is 4.90 Å². The van der Waals surface area contributed by atoms with Crippen LogP contribution in [0.25, 0.3) is 11.1 Å². The molecule has 1 heteroatoms. The first-order valence-electron chi connectivity index (χ1n) is 18.0. The Morgan fingerprint density at radius 1 is 0.792 bits per heavy atom. The molecule has 0 bridgehead atoms. The predicted octanol–water partition coefficient (Wildman–Crippen LogP) is 12.9. The zero-order valence-corrected chi connectivity index (χ0v) is 30.2. The maximum Gasteiger partial charge on any atom is 0.0560 e. The minimum Gasteiger partial charge on any atom is -0.334 e.